The highest BCUT2D eigenvalue weighted by Crippen LogP contribution is 2.33. The molecule has 22 heavy (non-hydrogen) atoms. The molecule has 0 fully saturated rings. The van der Waals surface area contributed by atoms with Crippen LogP contribution in [0, 0.1) is 35.5 Å². The summed E-state index contributed by atoms with van der Waals surface area (Å²) in [5, 5.41) is 4.79. The van der Waals surface area contributed by atoms with Gasteiger partial charge in [-0.15, -0.1) is 0 Å². The molecule has 3 unspecified atom stereocenters. The molecule has 0 heterocycles. The molecule has 0 saturated heterocycles. The van der Waals surface area contributed by atoms with Crippen LogP contribution in [0.1, 0.15) is 81.6 Å². The van der Waals surface area contributed by atoms with E-state index in [2.05, 4.69) is 62.3 Å². The number of rotatable bonds is 12. The van der Waals surface area contributed by atoms with Crippen LogP contribution in [0.3, 0.4) is 0 Å². The Morgan fingerprint density at radius 1 is 0.500 bits per heavy atom. The molecule has 0 aromatic carbocycles. The Labute approximate surface area is 147 Å². The second-order valence-electron chi connectivity index (χ2n) is 8.81. The van der Waals surface area contributed by atoms with Gasteiger partial charge in [0.05, 0.1) is 0 Å². The molecule has 0 saturated carbocycles. The summed E-state index contributed by atoms with van der Waals surface area (Å²) >= 11 is -0.629. The fraction of sp³-hybridized carbons (Fsp3) is 1.00. The lowest BCUT2D eigenvalue weighted by molar-refractivity contribution is 0.374. The fourth-order valence-corrected chi connectivity index (χ4v) is 10.1. The number of hydrogen-bond acceptors (Lipinski definition) is 0. The molecule has 0 radical (unpaired) electrons. The largest absolute Gasteiger partial charge is 0.262 e. The van der Waals surface area contributed by atoms with E-state index in [1.54, 1.807) is 15.8 Å². The predicted molar refractivity (Wildman–Crippen MR) is 106 cm³/mol. The molecule has 0 aliphatic heterocycles. The summed E-state index contributed by atoms with van der Waals surface area (Å²) in [4.78, 5) is 0. The van der Waals surface area contributed by atoms with Crippen molar-refractivity contribution < 1.29 is 0 Å². The zero-order chi connectivity index (χ0) is 17.3. The van der Waals surface area contributed by atoms with Crippen molar-refractivity contribution in [3.8, 4) is 0 Å². The van der Waals surface area contributed by atoms with Gasteiger partial charge in [-0.3, -0.25) is 0 Å². The van der Waals surface area contributed by atoms with Gasteiger partial charge < -0.3 is 0 Å². The van der Waals surface area contributed by atoms with Crippen molar-refractivity contribution in [2.75, 3.05) is 0 Å². The molecule has 0 spiro atoms. The van der Waals surface area contributed by atoms with Crippen molar-refractivity contribution >= 4 is 14.1 Å². The van der Waals surface area contributed by atoms with Crippen LogP contribution in [0.2, 0.25) is 15.8 Å². The first kappa shape index (κ1) is 22.5. The molecule has 0 aromatic rings. The van der Waals surface area contributed by atoms with Crippen LogP contribution in [0.4, 0.5) is 0 Å². The van der Waals surface area contributed by atoms with Gasteiger partial charge in [0, 0.05) is 0 Å². The highest BCUT2D eigenvalue weighted by atomic mass is 27.2. The Morgan fingerprint density at radius 2 is 0.727 bits per heavy atom. The van der Waals surface area contributed by atoms with Gasteiger partial charge in [-0.25, -0.2) is 0 Å². The lowest BCUT2D eigenvalue weighted by Gasteiger charge is -2.30. The first-order valence-corrected chi connectivity index (χ1v) is 12.7. The molecule has 0 amide bonds. The molecule has 0 aromatic heterocycles. The maximum Gasteiger partial charge on any atom is 0.262 e. The van der Waals surface area contributed by atoms with Gasteiger partial charge in [0.1, 0.15) is 0 Å². The van der Waals surface area contributed by atoms with E-state index < -0.39 is 14.1 Å². The molecule has 0 aliphatic carbocycles. The summed E-state index contributed by atoms with van der Waals surface area (Å²) in [7, 11) is 0. The van der Waals surface area contributed by atoms with Crippen LogP contribution in [0.5, 0.6) is 0 Å². The third kappa shape index (κ3) is 8.40. The minimum absolute atomic E-state index is 0.629. The van der Waals surface area contributed by atoms with Crippen LogP contribution in [-0.4, -0.2) is 14.1 Å². The van der Waals surface area contributed by atoms with Gasteiger partial charge >= 0.3 is 0 Å². The van der Waals surface area contributed by atoms with Crippen LogP contribution in [0.15, 0.2) is 0 Å². The molecule has 0 N–H and O–H groups in total. The van der Waals surface area contributed by atoms with Crippen molar-refractivity contribution in [2.45, 2.75) is 97.4 Å². The zero-order valence-electron chi connectivity index (χ0n) is 17.3. The van der Waals surface area contributed by atoms with Gasteiger partial charge in [0.15, 0.2) is 0 Å². The van der Waals surface area contributed by atoms with Gasteiger partial charge in [-0.05, 0) is 17.8 Å². The van der Waals surface area contributed by atoms with Crippen LogP contribution < -0.4 is 0 Å². The monoisotopic (exact) mass is 324 g/mol. The van der Waals surface area contributed by atoms with E-state index in [0.29, 0.717) is 0 Å². The van der Waals surface area contributed by atoms with Crippen LogP contribution >= 0.6 is 0 Å². The summed E-state index contributed by atoms with van der Waals surface area (Å²) in [6, 6.07) is 0. The lowest BCUT2D eigenvalue weighted by atomic mass is 9.94. The second-order valence-corrected chi connectivity index (χ2v) is 12.0. The molecule has 0 nitrogen and oxygen atoms in total. The SMILES string of the molecule is CCC([CH2][Al]([CH2]C(CC)C(C)C)[CH2]C(CC)C(C)C)C(C)C. The van der Waals surface area contributed by atoms with E-state index in [1.807, 2.05) is 0 Å². The summed E-state index contributed by atoms with van der Waals surface area (Å²) in [5.41, 5.74) is 0. The average molecular weight is 325 g/mol. The molecule has 0 bridgehead atoms. The molecule has 132 valence electrons. The lowest BCUT2D eigenvalue weighted by Crippen LogP contribution is -2.28. The van der Waals surface area contributed by atoms with Crippen molar-refractivity contribution in [1.82, 2.24) is 0 Å². The molecule has 3 atom stereocenters. The predicted octanol–water partition coefficient (Wildman–Crippen LogP) is 7.53. The van der Waals surface area contributed by atoms with Crippen LogP contribution in [-0.2, 0) is 0 Å². The Kier molecular flexibility index (Phi) is 12.3. The third-order valence-corrected chi connectivity index (χ3v) is 10.1. The fourth-order valence-electron chi connectivity index (χ4n) is 4.30. The third-order valence-electron chi connectivity index (χ3n) is 6.31. The first-order chi connectivity index (χ1) is 10.3. The smallest absolute Gasteiger partial charge is 0.0908 e. The van der Waals surface area contributed by atoms with Crippen molar-refractivity contribution in [1.29, 1.82) is 0 Å². The van der Waals surface area contributed by atoms with Gasteiger partial charge in [-0.1, -0.05) is 115 Å². The first-order valence-electron chi connectivity index (χ1n) is 10.3. The molecular formula is C21H45Al. The molecule has 1 heteroatoms. The Bertz CT molecular complexity index is 214. The highest BCUT2D eigenvalue weighted by Gasteiger charge is 2.29. The average Bonchev–Trinajstić information content (AvgIpc) is 2.45. The van der Waals surface area contributed by atoms with E-state index >= 15 is 0 Å². The van der Waals surface area contributed by atoms with E-state index in [0.717, 1.165) is 35.5 Å². The Hall–Kier alpha value is 0.532. The summed E-state index contributed by atoms with van der Waals surface area (Å²) in [6.45, 7) is 21.9. The zero-order valence-corrected chi connectivity index (χ0v) is 18.4. The normalized spacial score (nSPS) is 16.4. The standard InChI is InChI=1S/3C7H15.Al/c3*1-5-7(4)6(2)3;/h3*6-7H,4-5H2,1-3H3;. The van der Waals surface area contributed by atoms with Crippen molar-refractivity contribution in [3.63, 3.8) is 0 Å². The van der Waals surface area contributed by atoms with E-state index in [1.165, 1.54) is 19.3 Å². The van der Waals surface area contributed by atoms with E-state index in [-0.39, 0.29) is 0 Å². The van der Waals surface area contributed by atoms with Gasteiger partial charge in [0.25, 0.3) is 14.1 Å². The number of hydrogen-bond donors (Lipinski definition) is 0. The van der Waals surface area contributed by atoms with Gasteiger partial charge in [0.2, 0.25) is 0 Å². The highest BCUT2D eigenvalue weighted by molar-refractivity contribution is 6.59. The summed E-state index contributed by atoms with van der Waals surface area (Å²) in [5.74, 6) is 5.55. The van der Waals surface area contributed by atoms with Gasteiger partial charge in [-0.2, -0.15) is 0 Å². The van der Waals surface area contributed by atoms with E-state index in [9.17, 15) is 0 Å². The van der Waals surface area contributed by atoms with Crippen molar-refractivity contribution in [2.24, 2.45) is 35.5 Å². The molecule has 0 aliphatic rings. The quantitative estimate of drug-likeness (QED) is 0.325. The Balaban J connectivity index is 4.95. The minimum atomic E-state index is -0.629. The van der Waals surface area contributed by atoms with Crippen LogP contribution in [0.25, 0.3) is 0 Å². The minimum Gasteiger partial charge on any atom is -0.0908 e. The Morgan fingerprint density at radius 3 is 0.864 bits per heavy atom. The second kappa shape index (κ2) is 12.0. The topological polar surface area (TPSA) is 0 Å². The van der Waals surface area contributed by atoms with E-state index in [4.69, 9.17) is 0 Å². The maximum absolute atomic E-state index is 2.44. The molecule has 0 rings (SSSR count). The summed E-state index contributed by atoms with van der Waals surface area (Å²) < 4.78 is 0. The maximum atomic E-state index is 2.44. The molecular weight excluding hydrogens is 279 g/mol. The summed E-state index contributed by atoms with van der Waals surface area (Å²) in [6.07, 6.45) is 4.16. The van der Waals surface area contributed by atoms with Crippen molar-refractivity contribution in [3.05, 3.63) is 0 Å².